The Morgan fingerprint density at radius 3 is 2.46 bits per heavy atom. The number of nitrogens with zero attached hydrogens (tertiary/aromatic N) is 1. The molecule has 0 radical (unpaired) electrons. The highest BCUT2D eigenvalue weighted by Gasteiger charge is 2.37. The van der Waals surface area contributed by atoms with Crippen molar-refractivity contribution in [2.75, 3.05) is 19.9 Å². The van der Waals surface area contributed by atoms with Gasteiger partial charge in [-0.1, -0.05) is 0 Å². The third kappa shape index (κ3) is 2.03. The first-order chi connectivity index (χ1) is 6.27. The molecule has 2 fully saturated rings. The van der Waals surface area contributed by atoms with Crippen LogP contribution in [-0.2, 0) is 9.47 Å². The highest BCUT2D eigenvalue weighted by Crippen LogP contribution is 2.28. The van der Waals surface area contributed by atoms with Crippen molar-refractivity contribution in [3.63, 3.8) is 0 Å². The van der Waals surface area contributed by atoms with E-state index in [9.17, 15) is 0 Å². The van der Waals surface area contributed by atoms with Crippen molar-refractivity contribution >= 4 is 0 Å². The summed E-state index contributed by atoms with van der Waals surface area (Å²) >= 11 is 0. The molecule has 2 unspecified atom stereocenters. The first kappa shape index (κ1) is 9.44. The van der Waals surface area contributed by atoms with E-state index in [1.165, 1.54) is 12.8 Å². The minimum atomic E-state index is 0.335. The summed E-state index contributed by atoms with van der Waals surface area (Å²) in [6.07, 6.45) is 2.90. The molecule has 0 spiro atoms. The lowest BCUT2D eigenvalue weighted by molar-refractivity contribution is -0.0874. The molecular formula is C10H19NO2. The molecular weight excluding hydrogens is 166 g/mol. The van der Waals surface area contributed by atoms with Crippen molar-refractivity contribution in [1.29, 1.82) is 0 Å². The van der Waals surface area contributed by atoms with E-state index in [1.54, 1.807) is 0 Å². The molecule has 2 saturated heterocycles. The molecule has 0 aliphatic carbocycles. The quantitative estimate of drug-likeness (QED) is 0.660. The Morgan fingerprint density at radius 2 is 1.92 bits per heavy atom. The molecule has 3 heteroatoms. The van der Waals surface area contributed by atoms with Crippen molar-refractivity contribution in [2.45, 2.75) is 44.9 Å². The predicted molar refractivity (Wildman–Crippen MR) is 50.6 cm³/mol. The van der Waals surface area contributed by atoms with Gasteiger partial charge in [0, 0.05) is 12.1 Å². The zero-order valence-electron chi connectivity index (χ0n) is 8.53. The van der Waals surface area contributed by atoms with Gasteiger partial charge in [-0.05, 0) is 26.7 Å². The molecule has 2 rings (SSSR count). The van der Waals surface area contributed by atoms with E-state index in [-0.39, 0.29) is 0 Å². The van der Waals surface area contributed by atoms with Crippen LogP contribution in [0.3, 0.4) is 0 Å². The number of rotatable bonds is 3. The van der Waals surface area contributed by atoms with E-state index < -0.39 is 0 Å². The van der Waals surface area contributed by atoms with Crippen molar-refractivity contribution in [3.05, 3.63) is 0 Å². The molecule has 13 heavy (non-hydrogen) atoms. The maximum absolute atomic E-state index is 5.63. The minimum absolute atomic E-state index is 0.335. The number of hydrogen-bond acceptors (Lipinski definition) is 3. The van der Waals surface area contributed by atoms with Crippen LogP contribution in [-0.4, -0.2) is 43.0 Å². The molecule has 0 N–H and O–H groups in total. The van der Waals surface area contributed by atoms with Crippen LogP contribution in [0.1, 0.15) is 26.7 Å². The normalized spacial score (nSPS) is 34.4. The van der Waals surface area contributed by atoms with Crippen LogP contribution in [0, 0.1) is 0 Å². The van der Waals surface area contributed by atoms with E-state index in [2.05, 4.69) is 18.7 Å². The monoisotopic (exact) mass is 185 g/mol. The van der Waals surface area contributed by atoms with Gasteiger partial charge >= 0.3 is 0 Å². The Kier molecular flexibility index (Phi) is 2.86. The van der Waals surface area contributed by atoms with Crippen LogP contribution in [0.5, 0.6) is 0 Å². The Bertz CT molecular complexity index is 156. The van der Waals surface area contributed by atoms with Crippen LogP contribution in [0.4, 0.5) is 0 Å². The van der Waals surface area contributed by atoms with Gasteiger partial charge in [0.25, 0.3) is 0 Å². The largest absolute Gasteiger partial charge is 0.378 e. The van der Waals surface area contributed by atoms with E-state index in [0.29, 0.717) is 18.2 Å². The lowest BCUT2D eigenvalue weighted by Gasteiger charge is -2.34. The van der Waals surface area contributed by atoms with E-state index >= 15 is 0 Å². The molecule has 0 amide bonds. The van der Waals surface area contributed by atoms with Gasteiger partial charge < -0.3 is 9.47 Å². The van der Waals surface area contributed by atoms with Gasteiger partial charge in [-0.25, -0.2) is 0 Å². The predicted octanol–water partition coefficient (Wildman–Crippen LogP) is 1.23. The summed E-state index contributed by atoms with van der Waals surface area (Å²) in [6, 6.07) is 1.25. The smallest absolute Gasteiger partial charge is 0.1000 e. The van der Waals surface area contributed by atoms with Gasteiger partial charge in [0.1, 0.15) is 0 Å². The standard InChI is InChI=1S/C10H19NO2/c1-8(2)13-7-11-9-3-4-10(11)6-12-5-9/h8-10H,3-7H2,1-2H3. The molecule has 0 aromatic carbocycles. The molecule has 0 aromatic heterocycles. The van der Waals surface area contributed by atoms with Crippen molar-refractivity contribution < 1.29 is 9.47 Å². The second-order valence-corrected chi connectivity index (χ2v) is 4.28. The molecule has 76 valence electrons. The summed E-state index contributed by atoms with van der Waals surface area (Å²) < 4.78 is 11.1. The maximum Gasteiger partial charge on any atom is 0.1000 e. The number of morpholine rings is 1. The van der Waals surface area contributed by atoms with Gasteiger partial charge in [0.15, 0.2) is 0 Å². The maximum atomic E-state index is 5.63. The van der Waals surface area contributed by atoms with Crippen molar-refractivity contribution in [3.8, 4) is 0 Å². The first-order valence-corrected chi connectivity index (χ1v) is 5.22. The zero-order chi connectivity index (χ0) is 9.26. The molecule has 2 bridgehead atoms. The summed E-state index contributed by atoms with van der Waals surface area (Å²) in [5, 5.41) is 0. The molecule has 2 heterocycles. The van der Waals surface area contributed by atoms with Crippen LogP contribution in [0.2, 0.25) is 0 Å². The number of fused-ring (bicyclic) bond motifs is 2. The Balaban J connectivity index is 1.85. The van der Waals surface area contributed by atoms with Gasteiger partial charge in [0.2, 0.25) is 0 Å². The second kappa shape index (κ2) is 3.95. The number of hydrogen-bond donors (Lipinski definition) is 0. The summed E-state index contributed by atoms with van der Waals surface area (Å²) in [4.78, 5) is 2.46. The van der Waals surface area contributed by atoms with Crippen LogP contribution in [0.25, 0.3) is 0 Å². The van der Waals surface area contributed by atoms with E-state index in [0.717, 1.165) is 19.9 Å². The zero-order valence-corrected chi connectivity index (χ0v) is 8.53. The van der Waals surface area contributed by atoms with Crippen LogP contribution < -0.4 is 0 Å². The molecule has 2 aliphatic heterocycles. The Hall–Kier alpha value is -0.120. The summed E-state index contributed by atoms with van der Waals surface area (Å²) in [7, 11) is 0. The SMILES string of the molecule is CC(C)OCN1C2CCC1COC2. The third-order valence-electron chi connectivity index (χ3n) is 2.95. The molecule has 3 nitrogen and oxygen atoms in total. The van der Waals surface area contributed by atoms with Gasteiger partial charge in [-0.15, -0.1) is 0 Å². The molecule has 0 aromatic rings. The summed E-state index contributed by atoms with van der Waals surface area (Å²) in [5.74, 6) is 0. The Labute approximate surface area is 80.0 Å². The first-order valence-electron chi connectivity index (χ1n) is 5.22. The lowest BCUT2D eigenvalue weighted by Crippen LogP contribution is -2.47. The highest BCUT2D eigenvalue weighted by atomic mass is 16.5. The second-order valence-electron chi connectivity index (χ2n) is 4.28. The summed E-state index contributed by atoms with van der Waals surface area (Å²) in [5.41, 5.74) is 0. The van der Waals surface area contributed by atoms with Crippen molar-refractivity contribution in [1.82, 2.24) is 4.90 Å². The molecule has 2 atom stereocenters. The third-order valence-corrected chi connectivity index (χ3v) is 2.95. The van der Waals surface area contributed by atoms with Crippen LogP contribution in [0.15, 0.2) is 0 Å². The fourth-order valence-electron chi connectivity index (χ4n) is 2.16. The summed E-state index contributed by atoms with van der Waals surface area (Å²) in [6.45, 7) is 6.76. The van der Waals surface area contributed by atoms with Gasteiger partial charge in [-0.2, -0.15) is 0 Å². The molecule has 0 saturated carbocycles. The van der Waals surface area contributed by atoms with Crippen molar-refractivity contribution in [2.24, 2.45) is 0 Å². The lowest BCUT2D eigenvalue weighted by atomic mass is 10.2. The minimum Gasteiger partial charge on any atom is -0.378 e. The fraction of sp³-hybridized carbons (Fsp3) is 1.00. The van der Waals surface area contributed by atoms with Crippen LogP contribution >= 0.6 is 0 Å². The molecule has 2 aliphatic rings. The van der Waals surface area contributed by atoms with E-state index in [4.69, 9.17) is 9.47 Å². The van der Waals surface area contributed by atoms with Gasteiger partial charge in [-0.3, -0.25) is 4.90 Å². The average Bonchev–Trinajstić information content (AvgIpc) is 2.34. The highest BCUT2D eigenvalue weighted by molar-refractivity contribution is 4.89. The topological polar surface area (TPSA) is 21.7 Å². The fourth-order valence-corrected chi connectivity index (χ4v) is 2.16. The van der Waals surface area contributed by atoms with Gasteiger partial charge in [0.05, 0.1) is 26.0 Å². The number of ether oxygens (including phenoxy) is 2. The van der Waals surface area contributed by atoms with E-state index in [1.807, 2.05) is 0 Å². The Morgan fingerprint density at radius 1 is 1.31 bits per heavy atom. The average molecular weight is 185 g/mol.